The van der Waals surface area contributed by atoms with Crippen LogP contribution in [-0.4, -0.2) is 24.4 Å². The van der Waals surface area contributed by atoms with Crippen molar-refractivity contribution in [3.63, 3.8) is 0 Å². The Morgan fingerprint density at radius 2 is 1.21 bits per heavy atom. The van der Waals surface area contributed by atoms with Gasteiger partial charge in [-0.2, -0.15) is 0 Å². The number of hydrogen-bond acceptors (Lipinski definition) is 2. The van der Waals surface area contributed by atoms with Crippen LogP contribution in [0.15, 0.2) is 0 Å². The number of carbonyl (C=O) groups is 2. The van der Waals surface area contributed by atoms with Gasteiger partial charge in [0.25, 0.3) is 0 Å². The summed E-state index contributed by atoms with van der Waals surface area (Å²) < 4.78 is 0. The normalized spacial score (nSPS) is 29.8. The highest BCUT2D eigenvalue weighted by molar-refractivity contribution is 5.79. The van der Waals surface area contributed by atoms with Crippen LogP contribution in [0.1, 0.15) is 117 Å². The van der Waals surface area contributed by atoms with Crippen molar-refractivity contribution >= 4 is 11.8 Å². The predicted molar refractivity (Wildman–Crippen MR) is 121 cm³/mol. The molecule has 0 aromatic carbocycles. The standard InChI is InChI=1S/2C12H21NO.CH4/c14-12-11(8-4-5-9-13-12)10-6-2-1-3-7-10;14-12-9-5-4-8-11(13-12)10-6-2-1-3-7-10;/h2*10-11H,1-9H2,(H,13,14);1H4. The molecule has 4 rings (SSSR count). The van der Waals surface area contributed by atoms with Crippen molar-refractivity contribution in [1.82, 2.24) is 10.6 Å². The van der Waals surface area contributed by atoms with E-state index in [0.29, 0.717) is 23.8 Å². The van der Waals surface area contributed by atoms with Crippen molar-refractivity contribution in [2.24, 2.45) is 17.8 Å². The maximum Gasteiger partial charge on any atom is 0.223 e. The van der Waals surface area contributed by atoms with E-state index in [1.807, 2.05) is 0 Å². The van der Waals surface area contributed by atoms with Crippen LogP contribution in [0.4, 0.5) is 0 Å². The van der Waals surface area contributed by atoms with Gasteiger partial charge in [0.2, 0.25) is 11.8 Å². The number of rotatable bonds is 2. The van der Waals surface area contributed by atoms with E-state index in [1.165, 1.54) is 89.9 Å². The fourth-order valence-corrected chi connectivity index (χ4v) is 5.84. The first-order valence-electron chi connectivity index (χ1n) is 12.3. The SMILES string of the molecule is C.O=C1CCCCC(C2CCCCC2)N1.O=C1NCCCCC1C1CCCCC1. The number of amides is 2. The molecule has 0 bridgehead atoms. The number of carbonyl (C=O) groups excluding carboxylic acids is 2. The number of nitrogens with one attached hydrogen (secondary N) is 2. The van der Waals surface area contributed by atoms with Crippen molar-refractivity contribution in [1.29, 1.82) is 0 Å². The Morgan fingerprint density at radius 1 is 0.621 bits per heavy atom. The number of hydrogen-bond donors (Lipinski definition) is 2. The van der Waals surface area contributed by atoms with Gasteiger partial charge in [-0.15, -0.1) is 0 Å². The van der Waals surface area contributed by atoms with Gasteiger partial charge in [0, 0.05) is 24.9 Å². The van der Waals surface area contributed by atoms with Gasteiger partial charge in [-0.3, -0.25) is 9.59 Å². The molecule has 29 heavy (non-hydrogen) atoms. The molecule has 2 amide bonds. The zero-order valence-corrected chi connectivity index (χ0v) is 17.9. The van der Waals surface area contributed by atoms with Crippen LogP contribution in [-0.2, 0) is 9.59 Å². The van der Waals surface area contributed by atoms with Crippen LogP contribution < -0.4 is 10.6 Å². The highest BCUT2D eigenvalue weighted by Crippen LogP contribution is 2.33. The molecule has 2 unspecified atom stereocenters. The molecule has 4 fully saturated rings. The van der Waals surface area contributed by atoms with Gasteiger partial charge < -0.3 is 10.6 Å². The third kappa shape index (κ3) is 7.94. The van der Waals surface area contributed by atoms with E-state index >= 15 is 0 Å². The predicted octanol–water partition coefficient (Wildman–Crippen LogP) is 5.74. The lowest BCUT2D eigenvalue weighted by Crippen LogP contribution is -2.39. The Labute approximate surface area is 179 Å². The third-order valence-corrected chi connectivity index (χ3v) is 7.53. The Morgan fingerprint density at radius 3 is 1.90 bits per heavy atom. The summed E-state index contributed by atoms with van der Waals surface area (Å²) in [6.07, 6.45) is 21.3. The minimum absolute atomic E-state index is 0. The van der Waals surface area contributed by atoms with E-state index in [4.69, 9.17) is 0 Å². The van der Waals surface area contributed by atoms with Crippen molar-refractivity contribution in [3.05, 3.63) is 0 Å². The third-order valence-electron chi connectivity index (χ3n) is 7.53. The van der Waals surface area contributed by atoms with Crippen LogP contribution in [0, 0.1) is 17.8 Å². The van der Waals surface area contributed by atoms with Gasteiger partial charge in [-0.1, -0.05) is 58.8 Å². The molecule has 2 saturated carbocycles. The summed E-state index contributed by atoms with van der Waals surface area (Å²) in [5.41, 5.74) is 0. The summed E-state index contributed by atoms with van der Waals surface area (Å²) in [6.45, 7) is 0.905. The molecule has 0 radical (unpaired) electrons. The van der Waals surface area contributed by atoms with E-state index < -0.39 is 0 Å². The second-order valence-electron chi connectivity index (χ2n) is 9.61. The Kier molecular flexibility index (Phi) is 11.1. The smallest absolute Gasteiger partial charge is 0.223 e. The maximum atomic E-state index is 11.8. The molecule has 2 heterocycles. The first-order valence-corrected chi connectivity index (χ1v) is 12.3. The highest BCUT2D eigenvalue weighted by atomic mass is 16.2. The van der Waals surface area contributed by atoms with Gasteiger partial charge in [0.15, 0.2) is 0 Å². The lowest BCUT2D eigenvalue weighted by molar-refractivity contribution is -0.126. The Balaban J connectivity index is 0.000000200. The second-order valence-corrected chi connectivity index (χ2v) is 9.61. The van der Waals surface area contributed by atoms with Gasteiger partial charge in [0.1, 0.15) is 0 Å². The molecule has 2 N–H and O–H groups in total. The van der Waals surface area contributed by atoms with Crippen molar-refractivity contribution in [2.75, 3.05) is 6.54 Å². The second kappa shape index (κ2) is 13.3. The molecule has 0 aromatic heterocycles. The quantitative estimate of drug-likeness (QED) is 0.614. The van der Waals surface area contributed by atoms with Crippen LogP contribution >= 0.6 is 0 Å². The first-order chi connectivity index (χ1) is 13.7. The molecule has 168 valence electrons. The van der Waals surface area contributed by atoms with E-state index in [1.54, 1.807) is 0 Å². The maximum absolute atomic E-state index is 11.8. The minimum atomic E-state index is 0. The molecule has 2 aliphatic carbocycles. The van der Waals surface area contributed by atoms with E-state index in [2.05, 4.69) is 10.6 Å². The van der Waals surface area contributed by atoms with E-state index in [0.717, 1.165) is 31.7 Å². The van der Waals surface area contributed by atoms with Gasteiger partial charge in [0.05, 0.1) is 0 Å². The van der Waals surface area contributed by atoms with Crippen molar-refractivity contribution in [2.45, 2.75) is 123 Å². The summed E-state index contributed by atoms with van der Waals surface area (Å²) in [5, 5.41) is 6.26. The summed E-state index contributed by atoms with van der Waals surface area (Å²) >= 11 is 0. The molecular formula is C25H46N2O2. The fourth-order valence-electron chi connectivity index (χ4n) is 5.84. The first kappa shape index (κ1) is 24.2. The van der Waals surface area contributed by atoms with Crippen molar-refractivity contribution < 1.29 is 9.59 Å². The summed E-state index contributed by atoms with van der Waals surface area (Å²) in [5.74, 6) is 2.46. The summed E-state index contributed by atoms with van der Waals surface area (Å²) in [7, 11) is 0. The molecule has 0 spiro atoms. The van der Waals surface area contributed by atoms with Gasteiger partial charge in [-0.25, -0.2) is 0 Å². The lowest BCUT2D eigenvalue weighted by atomic mass is 9.78. The topological polar surface area (TPSA) is 58.2 Å². The minimum Gasteiger partial charge on any atom is -0.356 e. The molecule has 4 heteroatoms. The highest BCUT2D eigenvalue weighted by Gasteiger charge is 2.30. The largest absolute Gasteiger partial charge is 0.356 e. The van der Waals surface area contributed by atoms with Crippen LogP contribution in [0.3, 0.4) is 0 Å². The van der Waals surface area contributed by atoms with E-state index in [9.17, 15) is 9.59 Å². The molecule has 0 aromatic rings. The van der Waals surface area contributed by atoms with Crippen LogP contribution in [0.25, 0.3) is 0 Å². The molecule has 4 aliphatic rings. The summed E-state index contributed by atoms with van der Waals surface area (Å²) in [6, 6.07) is 0.505. The fraction of sp³-hybridized carbons (Fsp3) is 0.920. The molecule has 2 aliphatic heterocycles. The zero-order chi connectivity index (χ0) is 19.6. The average molecular weight is 407 g/mol. The van der Waals surface area contributed by atoms with Crippen molar-refractivity contribution in [3.8, 4) is 0 Å². The van der Waals surface area contributed by atoms with E-state index in [-0.39, 0.29) is 13.3 Å². The molecule has 2 saturated heterocycles. The van der Waals surface area contributed by atoms with Gasteiger partial charge >= 0.3 is 0 Å². The van der Waals surface area contributed by atoms with Crippen LogP contribution in [0.2, 0.25) is 0 Å². The Bertz CT molecular complexity index is 481. The molecule has 4 nitrogen and oxygen atoms in total. The summed E-state index contributed by atoms with van der Waals surface area (Å²) in [4.78, 5) is 23.2. The van der Waals surface area contributed by atoms with Crippen LogP contribution in [0.5, 0.6) is 0 Å². The average Bonchev–Trinajstić information content (AvgIpc) is 3.09. The molecule has 2 atom stereocenters. The zero-order valence-electron chi connectivity index (χ0n) is 17.9. The monoisotopic (exact) mass is 406 g/mol. The Hall–Kier alpha value is -1.06. The molecular weight excluding hydrogens is 360 g/mol. The van der Waals surface area contributed by atoms with Gasteiger partial charge in [-0.05, 0) is 63.2 Å². The lowest BCUT2D eigenvalue weighted by Gasteiger charge is -2.29.